The predicted molar refractivity (Wildman–Crippen MR) is 143 cm³/mol. The smallest absolute Gasteiger partial charge is 0.326 e. The first kappa shape index (κ1) is 26.7. The van der Waals surface area contributed by atoms with Crippen molar-refractivity contribution in [2.75, 3.05) is 14.2 Å². The summed E-state index contributed by atoms with van der Waals surface area (Å²) in [6.07, 6.45) is 3.35. The van der Waals surface area contributed by atoms with E-state index in [2.05, 4.69) is 0 Å². The molecule has 1 fully saturated rings. The molecule has 4 rings (SSSR count). The Bertz CT molecular complexity index is 1300. The first-order chi connectivity index (χ1) is 17.7. The van der Waals surface area contributed by atoms with Crippen molar-refractivity contribution in [1.82, 2.24) is 0 Å². The van der Waals surface area contributed by atoms with Crippen LogP contribution in [0.5, 0.6) is 0 Å². The summed E-state index contributed by atoms with van der Waals surface area (Å²) < 4.78 is 37.3. The van der Waals surface area contributed by atoms with Gasteiger partial charge in [-0.05, 0) is 43.7 Å². The first-order valence-corrected chi connectivity index (χ1v) is 13.9. The highest BCUT2D eigenvalue weighted by Crippen LogP contribution is 2.71. The van der Waals surface area contributed by atoms with Crippen LogP contribution in [0, 0.1) is 25.2 Å². The zero-order chi connectivity index (χ0) is 26.8. The second-order valence-corrected chi connectivity index (χ2v) is 12.4. The van der Waals surface area contributed by atoms with Gasteiger partial charge in [0.25, 0.3) is 0 Å². The number of hydrogen-bond acceptors (Lipinski definition) is 6. The Hall–Kier alpha value is -3.36. The molecule has 3 aromatic carbocycles. The molecule has 0 saturated heterocycles. The summed E-state index contributed by atoms with van der Waals surface area (Å²) in [6.45, 7) is 3.78. The quantitative estimate of drug-likeness (QED) is 0.309. The minimum atomic E-state index is -2.09. The SMILES string of the molecule is COC(=O)C1(C(=O)OC)[C@@H](/C=C/c2ccccc2)C1([S@@](=O)c1ccc(C)cc1)[S@@](=O)c1ccc(C)cc1. The van der Waals surface area contributed by atoms with Gasteiger partial charge >= 0.3 is 11.9 Å². The summed E-state index contributed by atoms with van der Waals surface area (Å²) in [7, 11) is -1.86. The lowest BCUT2D eigenvalue weighted by Crippen LogP contribution is -2.42. The molecule has 0 radical (unpaired) electrons. The Morgan fingerprint density at radius 1 is 0.730 bits per heavy atom. The van der Waals surface area contributed by atoms with Crippen LogP contribution < -0.4 is 0 Å². The van der Waals surface area contributed by atoms with Gasteiger partial charge in [0.1, 0.15) is 0 Å². The minimum Gasteiger partial charge on any atom is -0.468 e. The number of rotatable bonds is 8. The summed E-state index contributed by atoms with van der Waals surface area (Å²) in [5, 5.41) is 0. The van der Waals surface area contributed by atoms with Crippen molar-refractivity contribution in [2.45, 2.75) is 27.7 Å². The number of carbonyl (C=O) groups is 2. The predicted octanol–water partition coefficient (Wildman–Crippen LogP) is 4.59. The van der Waals surface area contributed by atoms with E-state index in [9.17, 15) is 18.0 Å². The standard InChI is InChI=1S/C29H28O6S2/c1-20-10-15-23(16-11-20)36(32)29(37(33)24-17-12-21(2)13-18-24)25(19-14-22-8-6-5-7-9-22)28(29,26(30)34-3)27(31)35-4/h5-19,25H,1-4H3/b19-14+/t25-,36+,37+/m1/s1. The number of aryl methyl sites for hydroxylation is 2. The van der Waals surface area contributed by atoms with Gasteiger partial charge in [0.05, 0.1) is 35.8 Å². The van der Waals surface area contributed by atoms with Gasteiger partial charge in [0.2, 0.25) is 5.41 Å². The molecule has 1 aliphatic rings. The first-order valence-electron chi connectivity index (χ1n) is 11.6. The molecule has 3 aromatic rings. The van der Waals surface area contributed by atoms with Crippen molar-refractivity contribution in [1.29, 1.82) is 0 Å². The van der Waals surface area contributed by atoms with Crippen molar-refractivity contribution < 1.29 is 27.5 Å². The molecule has 0 bridgehead atoms. The summed E-state index contributed by atoms with van der Waals surface area (Å²) in [5.41, 5.74) is 0.595. The highest BCUT2D eigenvalue weighted by Gasteiger charge is 2.91. The maximum absolute atomic E-state index is 14.5. The summed E-state index contributed by atoms with van der Waals surface area (Å²) >= 11 is 0. The molecule has 6 nitrogen and oxygen atoms in total. The zero-order valence-electron chi connectivity index (χ0n) is 21.0. The molecule has 0 amide bonds. The molecule has 1 saturated carbocycles. The lowest BCUT2D eigenvalue weighted by molar-refractivity contribution is -0.161. The van der Waals surface area contributed by atoms with E-state index >= 15 is 0 Å². The molecule has 0 heterocycles. The van der Waals surface area contributed by atoms with Crippen molar-refractivity contribution >= 4 is 39.6 Å². The maximum Gasteiger partial charge on any atom is 0.326 e. The topological polar surface area (TPSA) is 86.7 Å². The van der Waals surface area contributed by atoms with Crippen LogP contribution in [0.25, 0.3) is 6.08 Å². The average molecular weight is 537 g/mol. The Labute approximate surface area is 221 Å². The van der Waals surface area contributed by atoms with E-state index in [1.807, 2.05) is 44.2 Å². The van der Waals surface area contributed by atoms with Gasteiger partial charge in [-0.25, -0.2) is 0 Å². The number of carbonyl (C=O) groups excluding carboxylic acids is 2. The van der Waals surface area contributed by atoms with E-state index in [0.29, 0.717) is 9.79 Å². The normalized spacial score (nSPS) is 19.1. The van der Waals surface area contributed by atoms with Crippen LogP contribution in [0.2, 0.25) is 0 Å². The Morgan fingerprint density at radius 3 is 1.57 bits per heavy atom. The van der Waals surface area contributed by atoms with Crippen LogP contribution in [-0.2, 0) is 40.7 Å². The van der Waals surface area contributed by atoms with Crippen LogP contribution in [0.15, 0.2) is 94.7 Å². The summed E-state index contributed by atoms with van der Waals surface area (Å²) in [6, 6.07) is 23.1. The van der Waals surface area contributed by atoms with Crippen LogP contribution in [0.1, 0.15) is 16.7 Å². The van der Waals surface area contributed by atoms with Crippen molar-refractivity contribution in [3.63, 3.8) is 0 Å². The van der Waals surface area contributed by atoms with E-state index in [1.54, 1.807) is 60.7 Å². The molecular formula is C29H28O6S2. The molecule has 0 aromatic heterocycles. The average Bonchev–Trinajstić information content (AvgIpc) is 3.56. The van der Waals surface area contributed by atoms with Crippen molar-refractivity contribution in [3.05, 3.63) is 102 Å². The Kier molecular flexibility index (Phi) is 7.62. The van der Waals surface area contributed by atoms with E-state index in [-0.39, 0.29) is 0 Å². The van der Waals surface area contributed by atoms with Gasteiger partial charge < -0.3 is 9.47 Å². The molecule has 1 aliphatic carbocycles. The van der Waals surface area contributed by atoms with Crippen molar-refractivity contribution in [3.8, 4) is 0 Å². The van der Waals surface area contributed by atoms with E-state index in [0.717, 1.165) is 30.9 Å². The molecule has 192 valence electrons. The fourth-order valence-corrected chi connectivity index (χ4v) is 9.32. The highest BCUT2D eigenvalue weighted by atomic mass is 32.2. The van der Waals surface area contributed by atoms with Gasteiger partial charge in [-0.3, -0.25) is 18.0 Å². The number of allylic oxidation sites excluding steroid dienone is 1. The van der Waals surface area contributed by atoms with E-state index in [1.165, 1.54) is 0 Å². The lowest BCUT2D eigenvalue weighted by atomic mass is 10.0. The zero-order valence-corrected chi connectivity index (χ0v) is 22.6. The third-order valence-corrected chi connectivity index (χ3v) is 11.2. The van der Waals surface area contributed by atoms with E-state index in [4.69, 9.17) is 9.47 Å². The third-order valence-electron chi connectivity index (χ3n) is 6.66. The van der Waals surface area contributed by atoms with Crippen LogP contribution in [0.3, 0.4) is 0 Å². The second-order valence-electron chi connectivity index (χ2n) is 8.87. The van der Waals surface area contributed by atoms with E-state index < -0.39 is 48.9 Å². The molecule has 3 atom stereocenters. The molecule has 37 heavy (non-hydrogen) atoms. The van der Waals surface area contributed by atoms with Crippen LogP contribution in [0.4, 0.5) is 0 Å². The number of hydrogen-bond donors (Lipinski definition) is 0. The molecular weight excluding hydrogens is 508 g/mol. The van der Waals surface area contributed by atoms with Gasteiger partial charge in [0.15, 0.2) is 4.08 Å². The summed E-state index contributed by atoms with van der Waals surface area (Å²) in [4.78, 5) is 27.7. The lowest BCUT2D eigenvalue weighted by Gasteiger charge is -2.22. The van der Waals surface area contributed by atoms with Gasteiger partial charge in [0, 0.05) is 15.7 Å². The molecule has 0 aliphatic heterocycles. The number of esters is 2. The number of methoxy groups -OCH3 is 2. The number of benzene rings is 3. The molecule has 0 N–H and O–H groups in total. The Balaban J connectivity index is 2.00. The van der Waals surface area contributed by atoms with Gasteiger partial charge in [-0.2, -0.15) is 0 Å². The molecule has 8 heteroatoms. The number of ether oxygens (including phenoxy) is 2. The largest absolute Gasteiger partial charge is 0.468 e. The Morgan fingerprint density at radius 2 is 1.16 bits per heavy atom. The fraction of sp³-hybridized carbons (Fsp3) is 0.241. The van der Waals surface area contributed by atoms with Gasteiger partial charge in [-0.15, -0.1) is 0 Å². The van der Waals surface area contributed by atoms with Crippen LogP contribution in [-0.4, -0.2) is 38.7 Å². The monoisotopic (exact) mass is 536 g/mol. The van der Waals surface area contributed by atoms with Crippen molar-refractivity contribution in [2.24, 2.45) is 11.3 Å². The summed E-state index contributed by atoms with van der Waals surface area (Å²) in [5.74, 6) is -2.92. The fourth-order valence-electron chi connectivity index (χ4n) is 4.70. The van der Waals surface area contributed by atoms with Gasteiger partial charge in [-0.1, -0.05) is 77.9 Å². The maximum atomic E-state index is 14.5. The van der Waals surface area contributed by atoms with Crippen LogP contribution >= 0.6 is 0 Å². The molecule has 0 spiro atoms. The second kappa shape index (κ2) is 10.6. The highest BCUT2D eigenvalue weighted by molar-refractivity contribution is 8.05. The molecule has 0 unspecified atom stereocenters. The minimum absolute atomic E-state index is 0.346. The third kappa shape index (κ3) is 4.28.